The molecule has 0 aromatic carbocycles. The van der Waals surface area contributed by atoms with Crippen molar-refractivity contribution in [2.24, 2.45) is 28.6 Å². The van der Waals surface area contributed by atoms with E-state index in [0.29, 0.717) is 49.2 Å². The van der Waals surface area contributed by atoms with Crippen molar-refractivity contribution in [2.75, 3.05) is 0 Å². The molecule has 0 bridgehead atoms. The first-order chi connectivity index (χ1) is 10.5. The molecule has 118 valence electrons. The van der Waals surface area contributed by atoms with Crippen LogP contribution in [-0.4, -0.2) is 17.9 Å². The Morgan fingerprint density at radius 2 is 1.95 bits per heavy atom. The smallest absolute Gasteiger partial charge is 0.139 e. The number of ketones is 2. The van der Waals surface area contributed by atoms with Gasteiger partial charge in [-0.15, -0.1) is 0 Å². The van der Waals surface area contributed by atoms with Crippen molar-refractivity contribution in [3.8, 4) is 0 Å². The first-order valence-electron chi connectivity index (χ1n) is 8.72. The number of rotatable bonds is 1. The van der Waals surface area contributed by atoms with Crippen LogP contribution in [0.5, 0.6) is 0 Å². The van der Waals surface area contributed by atoms with E-state index >= 15 is 0 Å². The SMILES string of the molecule is C[C@]12CC[C@H]3[C@@H](CC=C4CC(=O)CC[C@@]43C=O)[C@@H]1CCC2=O. The van der Waals surface area contributed by atoms with Gasteiger partial charge in [0.2, 0.25) is 0 Å². The first kappa shape index (κ1) is 14.3. The van der Waals surface area contributed by atoms with Gasteiger partial charge in [0.25, 0.3) is 0 Å². The molecular weight excluding hydrogens is 276 g/mol. The molecule has 0 unspecified atom stereocenters. The van der Waals surface area contributed by atoms with E-state index in [1.54, 1.807) is 0 Å². The molecule has 0 N–H and O–H groups in total. The zero-order valence-electron chi connectivity index (χ0n) is 13.3. The van der Waals surface area contributed by atoms with Gasteiger partial charge in [-0.1, -0.05) is 18.6 Å². The van der Waals surface area contributed by atoms with Crippen molar-refractivity contribution in [2.45, 2.75) is 58.3 Å². The van der Waals surface area contributed by atoms with Crippen molar-refractivity contribution in [1.82, 2.24) is 0 Å². The van der Waals surface area contributed by atoms with E-state index in [1.165, 1.54) is 0 Å². The largest absolute Gasteiger partial charge is 0.302 e. The zero-order chi connectivity index (χ0) is 15.5. The summed E-state index contributed by atoms with van der Waals surface area (Å²) in [5.74, 6) is 1.95. The number of fused-ring (bicyclic) bond motifs is 5. The highest BCUT2D eigenvalue weighted by Crippen LogP contribution is 2.63. The molecule has 0 aromatic rings. The summed E-state index contributed by atoms with van der Waals surface area (Å²) in [6.45, 7) is 2.15. The van der Waals surface area contributed by atoms with Crippen LogP contribution in [-0.2, 0) is 14.4 Å². The van der Waals surface area contributed by atoms with E-state index in [0.717, 1.165) is 37.5 Å². The second-order valence-electron chi connectivity index (χ2n) is 8.13. The minimum Gasteiger partial charge on any atom is -0.302 e. The molecule has 0 radical (unpaired) electrons. The van der Waals surface area contributed by atoms with Gasteiger partial charge in [-0.05, 0) is 49.9 Å². The van der Waals surface area contributed by atoms with Crippen LogP contribution < -0.4 is 0 Å². The van der Waals surface area contributed by atoms with E-state index in [4.69, 9.17) is 0 Å². The van der Waals surface area contributed by atoms with E-state index in [9.17, 15) is 14.4 Å². The third-order valence-corrected chi connectivity index (χ3v) is 7.46. The van der Waals surface area contributed by atoms with Crippen molar-refractivity contribution in [1.29, 1.82) is 0 Å². The van der Waals surface area contributed by atoms with Gasteiger partial charge >= 0.3 is 0 Å². The lowest BCUT2D eigenvalue weighted by molar-refractivity contribution is -0.135. The summed E-state index contributed by atoms with van der Waals surface area (Å²) >= 11 is 0. The number of allylic oxidation sites excluding steroid dienone is 2. The average molecular weight is 300 g/mol. The van der Waals surface area contributed by atoms with Crippen LogP contribution in [0.3, 0.4) is 0 Å². The molecule has 3 heteroatoms. The number of hydrogen-bond donors (Lipinski definition) is 0. The topological polar surface area (TPSA) is 51.2 Å². The number of carbonyl (C=O) groups is 3. The van der Waals surface area contributed by atoms with Gasteiger partial charge in [0.15, 0.2) is 0 Å². The van der Waals surface area contributed by atoms with Gasteiger partial charge in [0.1, 0.15) is 17.9 Å². The minimum absolute atomic E-state index is 0.152. The van der Waals surface area contributed by atoms with Gasteiger partial charge in [-0.3, -0.25) is 9.59 Å². The number of Topliss-reactive ketones (excluding diaryl/α,β-unsaturated/α-hetero) is 2. The van der Waals surface area contributed by atoms with Crippen LogP contribution in [0.2, 0.25) is 0 Å². The van der Waals surface area contributed by atoms with E-state index in [1.807, 2.05) is 0 Å². The Labute approximate surface area is 131 Å². The Morgan fingerprint density at radius 1 is 1.14 bits per heavy atom. The van der Waals surface area contributed by atoms with E-state index in [-0.39, 0.29) is 11.2 Å². The fourth-order valence-corrected chi connectivity index (χ4v) is 6.19. The lowest BCUT2D eigenvalue weighted by atomic mass is 9.48. The van der Waals surface area contributed by atoms with Crippen LogP contribution in [0.25, 0.3) is 0 Å². The second kappa shape index (κ2) is 4.62. The molecule has 3 saturated carbocycles. The lowest BCUT2D eigenvalue weighted by Gasteiger charge is -2.55. The molecule has 4 aliphatic carbocycles. The zero-order valence-corrected chi connectivity index (χ0v) is 13.3. The third kappa shape index (κ3) is 1.65. The maximum absolute atomic E-state index is 12.4. The highest BCUT2D eigenvalue weighted by molar-refractivity contribution is 5.88. The quantitative estimate of drug-likeness (QED) is 0.551. The van der Waals surface area contributed by atoms with Crippen LogP contribution in [0, 0.1) is 28.6 Å². The summed E-state index contributed by atoms with van der Waals surface area (Å²) in [5, 5.41) is 0. The molecule has 3 fully saturated rings. The molecule has 22 heavy (non-hydrogen) atoms. The molecule has 0 aromatic heterocycles. The van der Waals surface area contributed by atoms with Crippen LogP contribution in [0.15, 0.2) is 11.6 Å². The Bertz CT molecular complexity index is 589. The monoisotopic (exact) mass is 300 g/mol. The summed E-state index contributed by atoms with van der Waals surface area (Å²) < 4.78 is 0. The highest BCUT2D eigenvalue weighted by Gasteiger charge is 2.59. The third-order valence-electron chi connectivity index (χ3n) is 7.46. The molecule has 0 saturated heterocycles. The lowest BCUT2D eigenvalue weighted by Crippen LogP contribution is -2.52. The molecule has 0 aliphatic heterocycles. The van der Waals surface area contributed by atoms with Crippen LogP contribution >= 0.6 is 0 Å². The first-order valence-corrected chi connectivity index (χ1v) is 8.72. The molecule has 0 amide bonds. The molecule has 3 nitrogen and oxygen atoms in total. The summed E-state index contributed by atoms with van der Waals surface area (Å²) in [7, 11) is 0. The average Bonchev–Trinajstić information content (AvgIpc) is 2.82. The Hall–Kier alpha value is -1.25. The van der Waals surface area contributed by atoms with Crippen molar-refractivity contribution in [3.63, 3.8) is 0 Å². The minimum atomic E-state index is -0.399. The fraction of sp³-hybridized carbons (Fsp3) is 0.737. The van der Waals surface area contributed by atoms with E-state index in [2.05, 4.69) is 13.0 Å². The summed E-state index contributed by atoms with van der Waals surface area (Å²) in [6, 6.07) is 0. The Balaban J connectivity index is 1.75. The predicted octanol–water partition coefficient (Wildman–Crippen LogP) is 3.27. The van der Waals surface area contributed by atoms with Gasteiger partial charge in [0.05, 0.1) is 5.41 Å². The summed E-state index contributed by atoms with van der Waals surface area (Å²) in [4.78, 5) is 36.3. The fourth-order valence-electron chi connectivity index (χ4n) is 6.19. The van der Waals surface area contributed by atoms with Crippen molar-refractivity contribution < 1.29 is 14.4 Å². The Kier molecular flexibility index (Phi) is 3.02. The number of hydrogen-bond acceptors (Lipinski definition) is 3. The molecule has 4 aliphatic rings. The van der Waals surface area contributed by atoms with Crippen LogP contribution in [0.1, 0.15) is 58.3 Å². The summed E-state index contributed by atoms with van der Waals surface area (Å²) in [6.07, 6.45) is 9.60. The maximum Gasteiger partial charge on any atom is 0.139 e. The van der Waals surface area contributed by atoms with Gasteiger partial charge in [0, 0.05) is 24.7 Å². The van der Waals surface area contributed by atoms with Crippen molar-refractivity contribution in [3.05, 3.63) is 11.6 Å². The highest BCUT2D eigenvalue weighted by atomic mass is 16.1. The predicted molar refractivity (Wildman–Crippen MR) is 82.1 cm³/mol. The normalized spacial score (nSPS) is 47.3. The standard InChI is InChI=1S/C19H24O3/c1-18-8-7-16-14(15(18)4-5-17(18)22)3-2-12-10-13(21)6-9-19(12,16)11-20/h2,11,14-16H,3-10H2,1H3/t14-,15-,16-,18-,19+/m0/s1. The molecule has 5 atom stereocenters. The maximum atomic E-state index is 12.4. The van der Waals surface area contributed by atoms with Gasteiger partial charge in [-0.25, -0.2) is 0 Å². The molecule has 0 spiro atoms. The van der Waals surface area contributed by atoms with Gasteiger partial charge in [-0.2, -0.15) is 0 Å². The molecule has 4 rings (SSSR count). The summed E-state index contributed by atoms with van der Waals surface area (Å²) in [5.41, 5.74) is 0.540. The molecular formula is C19H24O3. The van der Waals surface area contributed by atoms with Gasteiger partial charge < -0.3 is 4.79 Å². The second-order valence-corrected chi connectivity index (χ2v) is 8.13. The van der Waals surface area contributed by atoms with E-state index < -0.39 is 5.41 Å². The Morgan fingerprint density at radius 3 is 2.73 bits per heavy atom. The van der Waals surface area contributed by atoms with Crippen LogP contribution in [0.4, 0.5) is 0 Å². The number of carbonyl (C=O) groups excluding carboxylic acids is 3. The molecule has 0 heterocycles. The van der Waals surface area contributed by atoms with Crippen molar-refractivity contribution >= 4 is 17.9 Å². The number of aldehydes is 1.